The standard InChI is InChI=1S/C18H20ClN5O3S/c1-26-13-4-10(6-21-16-8-20-7-15(19)23-16)5-14-17(13)24-18(28-14)22-11-9-27-3-2-12(11)25/h4-5,7-8,11-12,25H,2-3,6,9H2,1H3,(H,21,23)(H,22,24)/t11-,12-/m0/s1. The van der Waals surface area contributed by atoms with Crippen molar-refractivity contribution in [1.82, 2.24) is 15.0 Å². The summed E-state index contributed by atoms with van der Waals surface area (Å²) in [6, 6.07) is 3.83. The monoisotopic (exact) mass is 421 g/mol. The van der Waals surface area contributed by atoms with Gasteiger partial charge in [0.15, 0.2) is 5.13 Å². The number of benzene rings is 1. The number of nitrogens with one attached hydrogen (secondary N) is 2. The SMILES string of the molecule is COc1cc(CNc2cncc(Cl)n2)cc2sc(N[C@H]3COCC[C@@H]3O)nc12. The van der Waals surface area contributed by atoms with Crippen LogP contribution in [0, 0.1) is 0 Å². The van der Waals surface area contributed by atoms with E-state index in [2.05, 4.69) is 31.7 Å². The minimum atomic E-state index is -0.443. The van der Waals surface area contributed by atoms with Crippen molar-refractivity contribution < 1.29 is 14.6 Å². The quantitative estimate of drug-likeness (QED) is 0.558. The van der Waals surface area contributed by atoms with Crippen LogP contribution in [-0.2, 0) is 11.3 Å². The number of ether oxygens (including phenoxy) is 2. The average Bonchev–Trinajstić information content (AvgIpc) is 3.10. The van der Waals surface area contributed by atoms with Crippen LogP contribution < -0.4 is 15.4 Å². The van der Waals surface area contributed by atoms with Gasteiger partial charge in [0.05, 0.1) is 43.0 Å². The maximum atomic E-state index is 10.1. The summed E-state index contributed by atoms with van der Waals surface area (Å²) >= 11 is 7.39. The van der Waals surface area contributed by atoms with Gasteiger partial charge in [-0.1, -0.05) is 22.9 Å². The molecular weight excluding hydrogens is 402 g/mol. The van der Waals surface area contributed by atoms with Gasteiger partial charge in [0, 0.05) is 13.2 Å². The third-order valence-electron chi connectivity index (χ3n) is 4.45. The van der Waals surface area contributed by atoms with Crippen molar-refractivity contribution in [2.24, 2.45) is 0 Å². The van der Waals surface area contributed by atoms with E-state index in [4.69, 9.17) is 21.1 Å². The zero-order valence-electron chi connectivity index (χ0n) is 15.2. The average molecular weight is 422 g/mol. The molecule has 1 saturated heterocycles. The number of hydrogen-bond acceptors (Lipinski definition) is 9. The molecule has 3 aromatic rings. The molecule has 1 aromatic carbocycles. The summed E-state index contributed by atoms with van der Waals surface area (Å²) in [5.74, 6) is 1.29. The molecule has 3 heterocycles. The molecule has 2 atom stereocenters. The molecule has 10 heteroatoms. The van der Waals surface area contributed by atoms with Crippen LogP contribution in [-0.4, -0.2) is 52.5 Å². The van der Waals surface area contributed by atoms with Crippen molar-refractivity contribution in [1.29, 1.82) is 0 Å². The Labute approximate surface area is 170 Å². The van der Waals surface area contributed by atoms with E-state index in [0.29, 0.717) is 42.9 Å². The van der Waals surface area contributed by atoms with Crippen molar-refractivity contribution in [2.75, 3.05) is 31.0 Å². The van der Waals surface area contributed by atoms with Crippen LogP contribution in [0.2, 0.25) is 5.15 Å². The summed E-state index contributed by atoms with van der Waals surface area (Å²) < 4.78 is 12.0. The molecule has 4 rings (SSSR count). The first-order chi connectivity index (χ1) is 13.6. The van der Waals surface area contributed by atoms with Crippen LogP contribution in [0.3, 0.4) is 0 Å². The lowest BCUT2D eigenvalue weighted by Crippen LogP contribution is -2.42. The summed E-state index contributed by atoms with van der Waals surface area (Å²) in [6.45, 7) is 1.58. The van der Waals surface area contributed by atoms with Gasteiger partial charge >= 0.3 is 0 Å². The largest absolute Gasteiger partial charge is 0.494 e. The lowest BCUT2D eigenvalue weighted by Gasteiger charge is -2.28. The van der Waals surface area contributed by atoms with Gasteiger partial charge in [0.1, 0.15) is 22.2 Å². The number of thiazole rings is 1. The molecule has 0 aliphatic carbocycles. The minimum Gasteiger partial charge on any atom is -0.494 e. The Balaban J connectivity index is 1.54. The van der Waals surface area contributed by atoms with E-state index < -0.39 is 6.10 Å². The predicted molar refractivity (Wildman–Crippen MR) is 109 cm³/mol. The summed E-state index contributed by atoms with van der Waals surface area (Å²) in [5.41, 5.74) is 1.80. The van der Waals surface area contributed by atoms with Gasteiger partial charge in [0.2, 0.25) is 0 Å². The Bertz CT molecular complexity index is 970. The molecule has 0 spiro atoms. The predicted octanol–water partition coefficient (Wildman–Crippen LogP) is 2.92. The molecule has 3 N–H and O–H groups in total. The third kappa shape index (κ3) is 4.27. The highest BCUT2D eigenvalue weighted by Crippen LogP contribution is 2.34. The molecule has 0 saturated carbocycles. The number of nitrogens with zero attached hydrogens (tertiary/aromatic N) is 3. The molecule has 1 aliphatic heterocycles. The van der Waals surface area contributed by atoms with Gasteiger partial charge in [-0.25, -0.2) is 9.97 Å². The van der Waals surface area contributed by atoms with E-state index in [9.17, 15) is 5.11 Å². The molecule has 0 unspecified atom stereocenters. The Kier molecular flexibility index (Phi) is 5.77. The van der Waals surface area contributed by atoms with Crippen LogP contribution in [0.15, 0.2) is 24.5 Å². The Hall–Kier alpha value is -2.20. The fraction of sp³-hybridized carbons (Fsp3) is 0.389. The van der Waals surface area contributed by atoms with Crippen LogP contribution in [0.25, 0.3) is 10.2 Å². The molecular formula is C18H20ClN5O3S. The van der Waals surface area contributed by atoms with E-state index in [1.54, 1.807) is 13.3 Å². The number of methoxy groups -OCH3 is 1. The molecule has 2 aromatic heterocycles. The van der Waals surface area contributed by atoms with E-state index in [0.717, 1.165) is 20.9 Å². The van der Waals surface area contributed by atoms with Gasteiger partial charge in [-0.3, -0.25) is 4.98 Å². The zero-order valence-corrected chi connectivity index (χ0v) is 16.8. The molecule has 148 valence electrons. The molecule has 1 fully saturated rings. The summed E-state index contributed by atoms with van der Waals surface area (Å²) in [7, 11) is 1.62. The van der Waals surface area contributed by atoms with Gasteiger partial charge in [-0.15, -0.1) is 0 Å². The summed E-state index contributed by atoms with van der Waals surface area (Å²) in [6.07, 6.45) is 3.28. The highest BCUT2D eigenvalue weighted by molar-refractivity contribution is 7.22. The van der Waals surface area contributed by atoms with Gasteiger partial charge in [-0.05, 0) is 24.1 Å². The van der Waals surface area contributed by atoms with E-state index in [-0.39, 0.29) is 6.04 Å². The molecule has 28 heavy (non-hydrogen) atoms. The Morgan fingerprint density at radius 3 is 3.04 bits per heavy atom. The molecule has 1 aliphatic rings. The fourth-order valence-corrected chi connectivity index (χ4v) is 4.17. The van der Waals surface area contributed by atoms with Crippen molar-refractivity contribution in [2.45, 2.75) is 25.1 Å². The fourth-order valence-electron chi connectivity index (χ4n) is 3.02. The van der Waals surface area contributed by atoms with Crippen molar-refractivity contribution in [3.05, 3.63) is 35.2 Å². The lowest BCUT2D eigenvalue weighted by atomic mass is 10.1. The first-order valence-electron chi connectivity index (χ1n) is 8.83. The number of rotatable bonds is 6. The van der Waals surface area contributed by atoms with Crippen molar-refractivity contribution in [3.8, 4) is 5.75 Å². The number of halogens is 1. The molecule has 0 radical (unpaired) electrons. The summed E-state index contributed by atoms with van der Waals surface area (Å²) in [5, 5.41) is 17.7. The van der Waals surface area contributed by atoms with E-state index >= 15 is 0 Å². The lowest BCUT2D eigenvalue weighted by molar-refractivity contribution is 0.00315. The second kappa shape index (κ2) is 8.44. The highest BCUT2D eigenvalue weighted by atomic mass is 35.5. The number of aliphatic hydroxyl groups is 1. The third-order valence-corrected chi connectivity index (χ3v) is 5.56. The molecule has 0 bridgehead atoms. The Morgan fingerprint density at radius 2 is 2.25 bits per heavy atom. The summed E-state index contributed by atoms with van der Waals surface area (Å²) in [4.78, 5) is 12.8. The number of hydrogen-bond donors (Lipinski definition) is 3. The van der Waals surface area contributed by atoms with Crippen LogP contribution >= 0.6 is 22.9 Å². The smallest absolute Gasteiger partial charge is 0.184 e. The zero-order chi connectivity index (χ0) is 19.5. The Morgan fingerprint density at radius 1 is 1.36 bits per heavy atom. The van der Waals surface area contributed by atoms with Crippen LogP contribution in [0.5, 0.6) is 5.75 Å². The molecule has 0 amide bonds. The topological polar surface area (TPSA) is 101 Å². The van der Waals surface area contributed by atoms with E-state index in [1.807, 2.05) is 6.07 Å². The van der Waals surface area contributed by atoms with Gasteiger partial charge in [0.25, 0.3) is 0 Å². The maximum Gasteiger partial charge on any atom is 0.184 e. The number of anilines is 2. The maximum absolute atomic E-state index is 10.1. The van der Waals surface area contributed by atoms with Gasteiger partial charge < -0.3 is 25.2 Å². The van der Waals surface area contributed by atoms with Crippen molar-refractivity contribution >= 4 is 44.1 Å². The second-order valence-corrected chi connectivity index (χ2v) is 7.84. The first-order valence-corrected chi connectivity index (χ1v) is 10.0. The molecule has 8 nitrogen and oxygen atoms in total. The van der Waals surface area contributed by atoms with Crippen LogP contribution in [0.4, 0.5) is 10.9 Å². The second-order valence-electron chi connectivity index (χ2n) is 6.43. The number of fused-ring (bicyclic) bond motifs is 1. The van der Waals surface area contributed by atoms with Gasteiger partial charge in [-0.2, -0.15) is 0 Å². The normalized spacial score (nSPS) is 19.5. The number of aromatic nitrogens is 3. The minimum absolute atomic E-state index is 0.164. The number of aliphatic hydroxyl groups excluding tert-OH is 1. The van der Waals surface area contributed by atoms with Crippen LogP contribution in [0.1, 0.15) is 12.0 Å². The van der Waals surface area contributed by atoms with E-state index in [1.165, 1.54) is 17.5 Å². The highest BCUT2D eigenvalue weighted by Gasteiger charge is 2.24. The first kappa shape index (κ1) is 19.1. The van der Waals surface area contributed by atoms with Crippen molar-refractivity contribution in [3.63, 3.8) is 0 Å².